The summed E-state index contributed by atoms with van der Waals surface area (Å²) >= 11 is 0. The fourth-order valence-electron chi connectivity index (χ4n) is 4.23. The molecule has 0 spiro atoms. The van der Waals surface area contributed by atoms with E-state index in [-0.39, 0.29) is 12.8 Å². The smallest absolute Gasteiger partial charge is 0.231 e. The van der Waals surface area contributed by atoms with Crippen molar-refractivity contribution >= 4 is 0 Å². The lowest BCUT2D eigenvalue weighted by molar-refractivity contribution is 0.171. The minimum Gasteiger partial charge on any atom is -0.493 e. The molecule has 1 aliphatic rings. The monoisotopic (exact) mass is 443 g/mol. The van der Waals surface area contributed by atoms with Crippen LogP contribution in [-0.4, -0.2) is 46.1 Å². The van der Waals surface area contributed by atoms with Crippen LogP contribution in [0.4, 0.5) is 0 Å². The lowest BCUT2D eigenvalue weighted by Crippen LogP contribution is -2.28. The lowest BCUT2D eigenvalue weighted by Gasteiger charge is -2.28. The fourth-order valence-corrected chi connectivity index (χ4v) is 4.23. The van der Waals surface area contributed by atoms with Crippen molar-refractivity contribution in [3.8, 4) is 22.9 Å². The number of para-hydroxylation sites is 1. The van der Waals surface area contributed by atoms with Crippen LogP contribution < -0.4 is 14.2 Å². The number of nitrogens with zero attached hydrogens (tertiary/aromatic N) is 5. The van der Waals surface area contributed by atoms with Crippen LogP contribution in [-0.2, 0) is 6.54 Å². The van der Waals surface area contributed by atoms with E-state index in [0.717, 1.165) is 28.2 Å². The molecule has 0 saturated heterocycles. The molecule has 5 rings (SSSR count). The summed E-state index contributed by atoms with van der Waals surface area (Å²) in [5, 5.41) is 12.8. The molecule has 168 valence electrons. The summed E-state index contributed by atoms with van der Waals surface area (Å²) in [6, 6.07) is 22.1. The first-order valence-corrected chi connectivity index (χ1v) is 10.7. The van der Waals surface area contributed by atoms with Crippen LogP contribution in [0.5, 0.6) is 17.2 Å². The van der Waals surface area contributed by atoms with E-state index < -0.39 is 0 Å². The molecule has 0 radical (unpaired) electrons. The van der Waals surface area contributed by atoms with Gasteiger partial charge in [0.15, 0.2) is 17.3 Å². The molecule has 0 N–H and O–H groups in total. The van der Waals surface area contributed by atoms with Crippen molar-refractivity contribution < 1.29 is 14.2 Å². The van der Waals surface area contributed by atoms with Gasteiger partial charge in [-0.15, -0.1) is 5.10 Å². The summed E-state index contributed by atoms with van der Waals surface area (Å²) in [7, 11) is 3.69. The Balaban J connectivity index is 1.55. The van der Waals surface area contributed by atoms with Gasteiger partial charge in [0.1, 0.15) is 0 Å². The van der Waals surface area contributed by atoms with Crippen molar-refractivity contribution in [2.75, 3.05) is 21.0 Å². The van der Waals surface area contributed by atoms with Gasteiger partial charge in [-0.3, -0.25) is 4.90 Å². The highest BCUT2D eigenvalue weighted by molar-refractivity contribution is 5.55. The van der Waals surface area contributed by atoms with E-state index in [9.17, 15) is 0 Å². The third kappa shape index (κ3) is 4.01. The molecule has 0 unspecified atom stereocenters. The number of aryl methyl sites for hydroxylation is 1. The molecule has 1 atom stereocenters. The Morgan fingerprint density at radius 2 is 1.85 bits per heavy atom. The SMILES string of the molecule is COc1cc(CN(C)[C@@H](c2ccccc2)c2nnnn2-c2ccccc2C)cc2c1OCO2. The van der Waals surface area contributed by atoms with Crippen LogP contribution in [0.15, 0.2) is 66.7 Å². The highest BCUT2D eigenvalue weighted by atomic mass is 16.7. The van der Waals surface area contributed by atoms with Crippen molar-refractivity contribution in [3.05, 3.63) is 89.2 Å². The van der Waals surface area contributed by atoms with Crippen LogP contribution in [0, 0.1) is 6.92 Å². The summed E-state index contributed by atoms with van der Waals surface area (Å²) < 4.78 is 18.5. The molecule has 0 bridgehead atoms. The van der Waals surface area contributed by atoms with E-state index in [4.69, 9.17) is 14.2 Å². The minimum absolute atomic E-state index is 0.183. The molecule has 1 aromatic heterocycles. The molecule has 0 amide bonds. The summed E-state index contributed by atoms with van der Waals surface area (Å²) in [4.78, 5) is 2.22. The van der Waals surface area contributed by atoms with Gasteiger partial charge in [0, 0.05) is 6.54 Å². The Morgan fingerprint density at radius 1 is 1.06 bits per heavy atom. The quantitative estimate of drug-likeness (QED) is 0.428. The topological polar surface area (TPSA) is 74.5 Å². The molecular weight excluding hydrogens is 418 g/mol. The van der Waals surface area contributed by atoms with Gasteiger partial charge in [-0.25, -0.2) is 0 Å². The summed E-state index contributed by atoms with van der Waals surface area (Å²) in [5.41, 5.74) is 4.18. The standard InChI is InChI=1S/C25H25N5O3/c1-17-9-7-8-12-20(17)30-25(26-27-28-30)23(19-10-5-4-6-11-19)29(2)15-18-13-21(31-3)24-22(14-18)32-16-33-24/h4-14,23H,15-16H2,1-3H3/t23-/m0/s1. The first-order chi connectivity index (χ1) is 16.2. The predicted octanol–water partition coefficient (Wildman–Crippen LogP) is 3.93. The maximum absolute atomic E-state index is 5.61. The van der Waals surface area contributed by atoms with Crippen LogP contribution in [0.1, 0.15) is 28.6 Å². The molecule has 0 aliphatic carbocycles. The van der Waals surface area contributed by atoms with Crippen molar-refractivity contribution in [1.82, 2.24) is 25.1 Å². The van der Waals surface area contributed by atoms with Gasteiger partial charge in [-0.05, 0) is 59.3 Å². The van der Waals surface area contributed by atoms with E-state index in [0.29, 0.717) is 23.8 Å². The van der Waals surface area contributed by atoms with Crippen molar-refractivity contribution in [3.63, 3.8) is 0 Å². The Morgan fingerprint density at radius 3 is 2.64 bits per heavy atom. The molecule has 8 nitrogen and oxygen atoms in total. The van der Waals surface area contributed by atoms with Crippen LogP contribution in [0.25, 0.3) is 5.69 Å². The Kier molecular flexibility index (Phi) is 5.66. The third-order valence-corrected chi connectivity index (χ3v) is 5.79. The van der Waals surface area contributed by atoms with Crippen molar-refractivity contribution in [1.29, 1.82) is 0 Å². The molecule has 33 heavy (non-hydrogen) atoms. The van der Waals surface area contributed by atoms with Gasteiger partial charge in [0.25, 0.3) is 0 Å². The summed E-state index contributed by atoms with van der Waals surface area (Å²) in [5.74, 6) is 2.74. The zero-order valence-corrected chi connectivity index (χ0v) is 18.8. The van der Waals surface area contributed by atoms with Gasteiger partial charge in [-0.1, -0.05) is 48.5 Å². The van der Waals surface area contributed by atoms with Crippen molar-refractivity contribution in [2.45, 2.75) is 19.5 Å². The molecule has 0 fully saturated rings. The van der Waals surface area contributed by atoms with Crippen LogP contribution >= 0.6 is 0 Å². The Labute approximate surface area is 192 Å². The second kappa shape index (κ2) is 8.91. The number of methoxy groups -OCH3 is 1. The number of hydrogen-bond acceptors (Lipinski definition) is 7. The van der Waals surface area contributed by atoms with Gasteiger partial charge in [-0.2, -0.15) is 4.68 Å². The Hall–Kier alpha value is -3.91. The van der Waals surface area contributed by atoms with Gasteiger partial charge >= 0.3 is 0 Å². The number of benzene rings is 3. The number of ether oxygens (including phenoxy) is 3. The normalized spacial score (nSPS) is 13.3. The maximum Gasteiger partial charge on any atom is 0.231 e. The number of rotatable bonds is 7. The average molecular weight is 444 g/mol. The number of fused-ring (bicyclic) bond motifs is 1. The zero-order chi connectivity index (χ0) is 22.8. The molecular formula is C25H25N5O3. The predicted molar refractivity (Wildman–Crippen MR) is 123 cm³/mol. The van der Waals surface area contributed by atoms with Gasteiger partial charge < -0.3 is 14.2 Å². The highest BCUT2D eigenvalue weighted by Gasteiger charge is 2.28. The van der Waals surface area contributed by atoms with Crippen LogP contribution in [0.3, 0.4) is 0 Å². The highest BCUT2D eigenvalue weighted by Crippen LogP contribution is 2.42. The Bertz CT molecular complexity index is 1260. The van der Waals surface area contributed by atoms with E-state index in [2.05, 4.69) is 52.6 Å². The van der Waals surface area contributed by atoms with Gasteiger partial charge in [0.2, 0.25) is 12.5 Å². The van der Waals surface area contributed by atoms with Crippen LogP contribution in [0.2, 0.25) is 0 Å². The molecule has 0 saturated carbocycles. The number of hydrogen-bond donors (Lipinski definition) is 0. The maximum atomic E-state index is 5.61. The first kappa shape index (κ1) is 21.0. The van der Waals surface area contributed by atoms with E-state index in [1.165, 1.54) is 0 Å². The summed E-state index contributed by atoms with van der Waals surface area (Å²) in [6.45, 7) is 2.87. The molecule has 8 heteroatoms. The zero-order valence-electron chi connectivity index (χ0n) is 18.8. The van der Waals surface area contributed by atoms with E-state index >= 15 is 0 Å². The molecule has 4 aromatic rings. The van der Waals surface area contributed by atoms with Crippen molar-refractivity contribution in [2.24, 2.45) is 0 Å². The largest absolute Gasteiger partial charge is 0.493 e. The number of aromatic nitrogens is 4. The lowest BCUT2D eigenvalue weighted by atomic mass is 10.0. The molecule has 3 aromatic carbocycles. The van der Waals surface area contributed by atoms with E-state index in [1.54, 1.807) is 7.11 Å². The fraction of sp³-hybridized carbons (Fsp3) is 0.240. The minimum atomic E-state index is -0.183. The third-order valence-electron chi connectivity index (χ3n) is 5.79. The number of tetrazole rings is 1. The second-order valence-electron chi connectivity index (χ2n) is 8.00. The van der Waals surface area contributed by atoms with Gasteiger partial charge in [0.05, 0.1) is 18.8 Å². The second-order valence-corrected chi connectivity index (χ2v) is 8.00. The molecule has 2 heterocycles. The van der Waals surface area contributed by atoms with E-state index in [1.807, 2.05) is 53.2 Å². The molecule has 1 aliphatic heterocycles. The first-order valence-electron chi connectivity index (χ1n) is 10.7. The summed E-state index contributed by atoms with van der Waals surface area (Å²) in [6.07, 6.45) is 0. The average Bonchev–Trinajstić information content (AvgIpc) is 3.50.